The molecule has 52 heavy (non-hydrogen) atoms. The summed E-state index contributed by atoms with van der Waals surface area (Å²) < 4.78 is 0. The summed E-state index contributed by atoms with van der Waals surface area (Å²) in [6.07, 6.45) is 2.43. The molecule has 1 aliphatic rings. The fourth-order valence-electron chi connectivity index (χ4n) is 7.82. The molecule has 0 saturated heterocycles. The average molecular weight is 675 g/mol. The largest absolute Gasteiger partial charge is 0.311 e. The number of anilines is 6. The summed E-state index contributed by atoms with van der Waals surface area (Å²) in [7, 11) is 0. The van der Waals surface area contributed by atoms with Crippen LogP contribution in [0.5, 0.6) is 0 Å². The van der Waals surface area contributed by atoms with Gasteiger partial charge in [-0.1, -0.05) is 137 Å². The van der Waals surface area contributed by atoms with Gasteiger partial charge in [0.15, 0.2) is 0 Å². The van der Waals surface area contributed by atoms with E-state index >= 15 is 0 Å². The molecule has 0 radical (unpaired) electrons. The van der Waals surface area contributed by atoms with Crippen molar-refractivity contribution in [2.75, 3.05) is 9.80 Å². The van der Waals surface area contributed by atoms with E-state index in [9.17, 15) is 0 Å². The molecule has 1 aliphatic carbocycles. The van der Waals surface area contributed by atoms with Crippen LogP contribution in [0.2, 0.25) is 0 Å². The molecule has 0 amide bonds. The molecular weight excluding hydrogens is 629 g/mol. The molecule has 0 N–H and O–H groups in total. The molecule has 0 heterocycles. The Morgan fingerprint density at radius 3 is 1.15 bits per heavy atom. The Labute approximate surface area is 309 Å². The first-order valence-corrected chi connectivity index (χ1v) is 18.5. The predicted octanol–water partition coefficient (Wildman–Crippen LogP) is 14.3. The van der Waals surface area contributed by atoms with Gasteiger partial charge in [-0.3, -0.25) is 0 Å². The summed E-state index contributed by atoms with van der Waals surface area (Å²) in [5, 5.41) is 0. The standard InChI is InChI=1S/C50H46N2/c1-49(2)33-34-50(3,4)48-36-40(27-32-47(48)49)39-15-14-22-46(35-39)52(43-20-12-7-13-21-43)45-30-25-38(26-31-45)37-23-28-44(29-24-37)51(41-16-8-5-9-17-41)42-18-10-6-11-19-42/h5-32,35-36H,33-34H2,1-4H3. The van der Waals surface area contributed by atoms with Crippen molar-refractivity contribution >= 4 is 34.1 Å². The predicted molar refractivity (Wildman–Crippen MR) is 222 cm³/mol. The lowest BCUT2D eigenvalue weighted by molar-refractivity contribution is 0.332. The zero-order valence-electron chi connectivity index (χ0n) is 30.6. The minimum atomic E-state index is 0.166. The van der Waals surface area contributed by atoms with Crippen molar-refractivity contribution in [2.24, 2.45) is 0 Å². The van der Waals surface area contributed by atoms with Crippen molar-refractivity contribution in [2.45, 2.75) is 51.4 Å². The fraction of sp³-hybridized carbons (Fsp3) is 0.160. The molecule has 8 rings (SSSR count). The minimum absolute atomic E-state index is 0.166. The highest BCUT2D eigenvalue weighted by molar-refractivity contribution is 5.82. The molecule has 2 nitrogen and oxygen atoms in total. The fourth-order valence-corrected chi connectivity index (χ4v) is 7.82. The third kappa shape index (κ3) is 6.53. The van der Waals surface area contributed by atoms with E-state index in [0.29, 0.717) is 0 Å². The average Bonchev–Trinajstić information content (AvgIpc) is 3.19. The van der Waals surface area contributed by atoms with Crippen LogP contribution in [0.3, 0.4) is 0 Å². The maximum absolute atomic E-state index is 2.46. The lowest BCUT2D eigenvalue weighted by atomic mass is 9.63. The molecule has 0 bridgehead atoms. The zero-order valence-corrected chi connectivity index (χ0v) is 30.6. The Kier molecular flexibility index (Phi) is 8.77. The van der Waals surface area contributed by atoms with Gasteiger partial charge in [-0.2, -0.15) is 0 Å². The molecule has 7 aromatic rings. The van der Waals surface area contributed by atoms with Gasteiger partial charge in [0.25, 0.3) is 0 Å². The highest BCUT2D eigenvalue weighted by Crippen LogP contribution is 2.47. The normalized spacial score (nSPS) is 14.3. The van der Waals surface area contributed by atoms with Crippen LogP contribution < -0.4 is 9.80 Å². The lowest BCUT2D eigenvalue weighted by Crippen LogP contribution is -2.33. The second-order valence-corrected chi connectivity index (χ2v) is 15.3. The Morgan fingerprint density at radius 1 is 0.308 bits per heavy atom. The smallest absolute Gasteiger partial charge is 0.0467 e. The third-order valence-electron chi connectivity index (χ3n) is 10.9. The summed E-state index contributed by atoms with van der Waals surface area (Å²) in [6, 6.07) is 65.8. The van der Waals surface area contributed by atoms with Gasteiger partial charge in [-0.05, 0) is 130 Å². The lowest BCUT2D eigenvalue weighted by Gasteiger charge is -2.42. The second-order valence-electron chi connectivity index (χ2n) is 15.3. The Balaban J connectivity index is 1.11. The van der Waals surface area contributed by atoms with E-state index in [1.807, 2.05) is 0 Å². The van der Waals surface area contributed by atoms with Crippen molar-refractivity contribution in [1.82, 2.24) is 0 Å². The summed E-state index contributed by atoms with van der Waals surface area (Å²) >= 11 is 0. The number of hydrogen-bond donors (Lipinski definition) is 0. The third-order valence-corrected chi connectivity index (χ3v) is 10.9. The van der Waals surface area contributed by atoms with Crippen molar-refractivity contribution in [3.63, 3.8) is 0 Å². The molecule has 2 heteroatoms. The van der Waals surface area contributed by atoms with Crippen LogP contribution in [-0.2, 0) is 10.8 Å². The molecule has 0 saturated carbocycles. The van der Waals surface area contributed by atoms with Gasteiger partial charge >= 0.3 is 0 Å². The first kappa shape index (κ1) is 33.3. The van der Waals surface area contributed by atoms with Gasteiger partial charge in [-0.15, -0.1) is 0 Å². The molecule has 0 aliphatic heterocycles. The molecule has 0 spiro atoms. The Morgan fingerprint density at radius 2 is 0.673 bits per heavy atom. The molecule has 7 aromatic carbocycles. The van der Waals surface area contributed by atoms with Crippen LogP contribution in [0, 0.1) is 0 Å². The van der Waals surface area contributed by atoms with E-state index in [1.54, 1.807) is 0 Å². The van der Waals surface area contributed by atoms with Crippen LogP contribution in [0.4, 0.5) is 34.1 Å². The number of fused-ring (bicyclic) bond motifs is 1. The van der Waals surface area contributed by atoms with Crippen LogP contribution in [-0.4, -0.2) is 0 Å². The maximum atomic E-state index is 2.46. The summed E-state index contributed by atoms with van der Waals surface area (Å²) in [4.78, 5) is 4.66. The molecule has 256 valence electrons. The SMILES string of the molecule is CC1(C)CCC(C)(C)c2cc(-c3cccc(N(c4ccccc4)c4ccc(-c5ccc(N(c6ccccc6)c6ccccc6)cc5)cc4)c3)ccc21. The maximum Gasteiger partial charge on any atom is 0.0467 e. The number of benzene rings is 7. The van der Waals surface area contributed by atoms with Crippen molar-refractivity contribution in [1.29, 1.82) is 0 Å². The van der Waals surface area contributed by atoms with Gasteiger partial charge in [0.05, 0.1) is 0 Å². The first-order chi connectivity index (χ1) is 25.3. The van der Waals surface area contributed by atoms with Crippen LogP contribution >= 0.6 is 0 Å². The van der Waals surface area contributed by atoms with Gasteiger partial charge in [0, 0.05) is 34.1 Å². The zero-order chi connectivity index (χ0) is 35.7. The van der Waals surface area contributed by atoms with Crippen LogP contribution in [0.1, 0.15) is 51.7 Å². The van der Waals surface area contributed by atoms with Gasteiger partial charge in [0.2, 0.25) is 0 Å². The quantitative estimate of drug-likeness (QED) is 0.158. The van der Waals surface area contributed by atoms with Crippen LogP contribution in [0.25, 0.3) is 22.3 Å². The Bertz CT molecular complexity index is 2230. The van der Waals surface area contributed by atoms with Crippen molar-refractivity contribution in [3.05, 3.63) is 193 Å². The second kappa shape index (κ2) is 13.7. The van der Waals surface area contributed by atoms with Crippen molar-refractivity contribution in [3.8, 4) is 22.3 Å². The molecule has 0 aromatic heterocycles. The van der Waals surface area contributed by atoms with E-state index in [0.717, 1.165) is 34.1 Å². The summed E-state index contributed by atoms with van der Waals surface area (Å²) in [5.41, 5.74) is 15.0. The number of hydrogen-bond acceptors (Lipinski definition) is 2. The monoisotopic (exact) mass is 674 g/mol. The number of para-hydroxylation sites is 3. The molecule has 0 atom stereocenters. The minimum Gasteiger partial charge on any atom is -0.311 e. The molecular formula is C50H46N2. The first-order valence-electron chi connectivity index (χ1n) is 18.5. The van der Waals surface area contributed by atoms with E-state index in [1.165, 1.54) is 46.2 Å². The van der Waals surface area contributed by atoms with Gasteiger partial charge < -0.3 is 9.80 Å². The molecule has 0 fully saturated rings. The van der Waals surface area contributed by atoms with E-state index in [-0.39, 0.29) is 10.8 Å². The summed E-state index contributed by atoms with van der Waals surface area (Å²) in [5.74, 6) is 0. The van der Waals surface area contributed by atoms with Crippen molar-refractivity contribution < 1.29 is 0 Å². The number of nitrogens with zero attached hydrogens (tertiary/aromatic N) is 2. The highest BCUT2D eigenvalue weighted by atomic mass is 15.1. The topological polar surface area (TPSA) is 6.48 Å². The summed E-state index contributed by atoms with van der Waals surface area (Å²) in [6.45, 7) is 9.59. The highest BCUT2D eigenvalue weighted by Gasteiger charge is 2.37. The molecule has 0 unspecified atom stereocenters. The Hall–Kier alpha value is -5.86. The van der Waals surface area contributed by atoms with Crippen LogP contribution in [0.15, 0.2) is 182 Å². The van der Waals surface area contributed by atoms with E-state index < -0.39 is 0 Å². The number of rotatable bonds is 8. The van der Waals surface area contributed by atoms with Gasteiger partial charge in [0.1, 0.15) is 0 Å². The van der Waals surface area contributed by atoms with E-state index in [4.69, 9.17) is 0 Å². The van der Waals surface area contributed by atoms with Gasteiger partial charge in [-0.25, -0.2) is 0 Å². The van der Waals surface area contributed by atoms with E-state index in [2.05, 4.69) is 219 Å².